The number of benzene rings is 2. The maximum Gasteiger partial charge on any atom is 0.168 e. The number of nitriles is 1. The van der Waals surface area contributed by atoms with E-state index in [9.17, 15) is 10.1 Å². The Bertz CT molecular complexity index is 1040. The van der Waals surface area contributed by atoms with E-state index in [-0.39, 0.29) is 23.0 Å². The lowest BCUT2D eigenvalue weighted by atomic mass is 9.60. The zero-order valence-corrected chi connectivity index (χ0v) is 19.4. The number of Topliss-reactive ketones (excluding diaryl/α,β-unsaturated/α-hetero) is 1. The van der Waals surface area contributed by atoms with E-state index in [4.69, 9.17) is 0 Å². The Hall–Kier alpha value is -2.92. The number of carbonyl (C=O) groups excluding carboxylic acids is 1. The van der Waals surface area contributed by atoms with Crippen LogP contribution >= 0.6 is 0 Å². The molecule has 3 rings (SSSR count). The van der Waals surface area contributed by atoms with Gasteiger partial charge in [-0.1, -0.05) is 101 Å². The molecule has 1 aliphatic rings. The van der Waals surface area contributed by atoms with Crippen molar-refractivity contribution in [2.24, 2.45) is 10.8 Å². The van der Waals surface area contributed by atoms with Gasteiger partial charge in [-0.15, -0.1) is 0 Å². The summed E-state index contributed by atoms with van der Waals surface area (Å²) in [5.74, 6) is -0.224. The van der Waals surface area contributed by atoms with Crippen molar-refractivity contribution < 1.29 is 4.79 Å². The van der Waals surface area contributed by atoms with Crippen LogP contribution in [0.1, 0.15) is 70.4 Å². The van der Waals surface area contributed by atoms with Gasteiger partial charge in [0.05, 0.1) is 12.0 Å². The van der Waals surface area contributed by atoms with Crippen LogP contribution in [0.15, 0.2) is 84.0 Å². The fourth-order valence-electron chi connectivity index (χ4n) is 5.14. The summed E-state index contributed by atoms with van der Waals surface area (Å²) in [5, 5.41) is 10.1. The summed E-state index contributed by atoms with van der Waals surface area (Å²) in [7, 11) is 0. The minimum absolute atomic E-state index is 0.0635. The van der Waals surface area contributed by atoms with E-state index in [1.165, 1.54) is 0 Å². The smallest absolute Gasteiger partial charge is 0.168 e. The van der Waals surface area contributed by atoms with Gasteiger partial charge < -0.3 is 0 Å². The first-order valence-corrected chi connectivity index (χ1v) is 11.0. The molecule has 2 atom stereocenters. The molecule has 0 heterocycles. The second-order valence-corrected chi connectivity index (χ2v) is 10.1. The highest BCUT2D eigenvalue weighted by Gasteiger charge is 2.44. The minimum atomic E-state index is -0.419. The molecule has 0 aliphatic heterocycles. The third-order valence-electron chi connectivity index (χ3n) is 6.86. The molecule has 2 heteroatoms. The van der Waals surface area contributed by atoms with E-state index >= 15 is 0 Å². The van der Waals surface area contributed by atoms with Gasteiger partial charge in [0.15, 0.2) is 5.78 Å². The van der Waals surface area contributed by atoms with Crippen molar-refractivity contribution in [3.63, 3.8) is 0 Å². The topological polar surface area (TPSA) is 40.9 Å². The van der Waals surface area contributed by atoms with Gasteiger partial charge in [-0.2, -0.15) is 5.26 Å². The Kier molecular flexibility index (Phi) is 6.37. The molecule has 31 heavy (non-hydrogen) atoms. The van der Waals surface area contributed by atoms with Crippen LogP contribution in [0, 0.1) is 22.2 Å². The zero-order valence-electron chi connectivity index (χ0n) is 19.4. The van der Waals surface area contributed by atoms with E-state index in [0.717, 1.165) is 34.3 Å². The standard InChI is InChI=1S/C29H33NO/c1-20(26-21(2)28(3,4)19-29(5,6)27(26)31)17-24(22-13-9-7-10-14-22)25(18-30)23-15-11-8-12-16-23/h7-16,24-25H,1,17,19H2,2-6H3. The normalized spacial score (nSPS) is 19.4. The SMILES string of the molecule is C=C(CC(c1ccccc1)C(C#N)c1ccccc1)C1=C(C)C(C)(C)CC(C)(C)C1=O. The molecular formula is C29H33NO. The molecule has 0 spiro atoms. The third kappa shape index (κ3) is 4.57. The monoisotopic (exact) mass is 411 g/mol. The van der Waals surface area contributed by atoms with Gasteiger partial charge in [0, 0.05) is 16.9 Å². The van der Waals surface area contributed by atoms with Crippen molar-refractivity contribution in [3.05, 3.63) is 95.1 Å². The summed E-state index contributed by atoms with van der Waals surface area (Å²) >= 11 is 0. The van der Waals surface area contributed by atoms with Crippen molar-refractivity contribution in [1.29, 1.82) is 5.26 Å². The molecule has 0 aromatic heterocycles. The number of hydrogen-bond acceptors (Lipinski definition) is 2. The highest BCUT2D eigenvalue weighted by Crippen LogP contribution is 2.50. The van der Waals surface area contributed by atoms with Crippen LogP contribution in [0.5, 0.6) is 0 Å². The third-order valence-corrected chi connectivity index (χ3v) is 6.86. The van der Waals surface area contributed by atoms with Gasteiger partial charge in [0.2, 0.25) is 0 Å². The van der Waals surface area contributed by atoms with Crippen molar-refractivity contribution in [2.45, 2.75) is 59.3 Å². The molecule has 0 radical (unpaired) electrons. The molecular weight excluding hydrogens is 378 g/mol. The number of carbonyl (C=O) groups is 1. The summed E-state index contributed by atoms with van der Waals surface area (Å²) in [6.45, 7) is 15.0. The van der Waals surface area contributed by atoms with E-state index in [0.29, 0.717) is 6.42 Å². The van der Waals surface area contributed by atoms with Gasteiger partial charge in [0.25, 0.3) is 0 Å². The van der Waals surface area contributed by atoms with E-state index in [1.807, 2.05) is 62.4 Å². The molecule has 2 aromatic carbocycles. The molecule has 1 aliphatic carbocycles. The van der Waals surface area contributed by atoms with Gasteiger partial charge in [0.1, 0.15) is 0 Å². The summed E-state index contributed by atoms with van der Waals surface area (Å²) in [4.78, 5) is 13.4. The Morgan fingerprint density at radius 1 is 0.968 bits per heavy atom. The highest BCUT2D eigenvalue weighted by atomic mass is 16.1. The number of allylic oxidation sites excluding steroid dienone is 3. The second kappa shape index (κ2) is 8.67. The predicted octanol–water partition coefficient (Wildman–Crippen LogP) is 7.37. The van der Waals surface area contributed by atoms with Crippen LogP contribution in [0.25, 0.3) is 0 Å². The summed E-state index contributed by atoms with van der Waals surface area (Å²) in [5.41, 5.74) is 4.35. The number of hydrogen-bond donors (Lipinski definition) is 0. The van der Waals surface area contributed by atoms with E-state index < -0.39 is 5.41 Å². The van der Waals surface area contributed by atoms with Gasteiger partial charge >= 0.3 is 0 Å². The molecule has 0 amide bonds. The zero-order chi connectivity index (χ0) is 22.8. The lowest BCUT2D eigenvalue weighted by Crippen LogP contribution is -2.39. The molecule has 2 aromatic rings. The fourth-order valence-corrected chi connectivity index (χ4v) is 5.14. The van der Waals surface area contributed by atoms with Crippen LogP contribution in [-0.4, -0.2) is 5.78 Å². The number of ketones is 1. The number of rotatable bonds is 6. The quantitative estimate of drug-likeness (QED) is 0.498. The molecule has 2 nitrogen and oxygen atoms in total. The second-order valence-electron chi connectivity index (χ2n) is 10.1. The van der Waals surface area contributed by atoms with Gasteiger partial charge in [-0.25, -0.2) is 0 Å². The Morgan fingerprint density at radius 2 is 1.48 bits per heavy atom. The first-order valence-electron chi connectivity index (χ1n) is 11.0. The highest BCUT2D eigenvalue weighted by molar-refractivity contribution is 6.04. The van der Waals surface area contributed by atoms with Crippen molar-refractivity contribution in [2.75, 3.05) is 0 Å². The van der Waals surface area contributed by atoms with E-state index in [2.05, 4.69) is 45.6 Å². The maximum absolute atomic E-state index is 13.4. The lowest BCUT2D eigenvalue weighted by molar-refractivity contribution is -0.125. The molecule has 0 N–H and O–H groups in total. The Balaban J connectivity index is 2.05. The molecule has 0 bridgehead atoms. The van der Waals surface area contributed by atoms with Crippen LogP contribution in [0.4, 0.5) is 0 Å². The summed E-state index contributed by atoms with van der Waals surface area (Å²) in [6.07, 6.45) is 1.40. The van der Waals surface area contributed by atoms with E-state index in [1.54, 1.807) is 0 Å². The summed E-state index contributed by atoms with van der Waals surface area (Å²) in [6, 6.07) is 22.6. The predicted molar refractivity (Wildman–Crippen MR) is 128 cm³/mol. The minimum Gasteiger partial charge on any atom is -0.294 e. The summed E-state index contributed by atoms with van der Waals surface area (Å²) < 4.78 is 0. The van der Waals surface area contributed by atoms with Crippen LogP contribution < -0.4 is 0 Å². The van der Waals surface area contributed by atoms with Crippen LogP contribution in [0.3, 0.4) is 0 Å². The first kappa shape index (κ1) is 22.8. The average Bonchev–Trinajstić information content (AvgIpc) is 2.73. The number of nitrogens with zero attached hydrogens (tertiary/aromatic N) is 1. The molecule has 0 saturated carbocycles. The molecule has 0 saturated heterocycles. The van der Waals surface area contributed by atoms with Crippen molar-refractivity contribution in [3.8, 4) is 6.07 Å². The fraction of sp³-hybridized carbons (Fsp3) is 0.379. The lowest BCUT2D eigenvalue weighted by Gasteiger charge is -2.42. The first-order chi connectivity index (χ1) is 14.6. The van der Waals surface area contributed by atoms with Crippen LogP contribution in [0.2, 0.25) is 0 Å². The van der Waals surface area contributed by atoms with Gasteiger partial charge in [-0.05, 0) is 41.9 Å². The van der Waals surface area contributed by atoms with Gasteiger partial charge in [-0.3, -0.25) is 4.79 Å². The van der Waals surface area contributed by atoms with Crippen molar-refractivity contribution >= 4 is 5.78 Å². The maximum atomic E-state index is 13.4. The Labute approximate surface area is 187 Å². The largest absolute Gasteiger partial charge is 0.294 e. The Morgan fingerprint density at radius 3 is 2.00 bits per heavy atom. The van der Waals surface area contributed by atoms with Crippen molar-refractivity contribution in [1.82, 2.24) is 0 Å². The van der Waals surface area contributed by atoms with Crippen LogP contribution in [-0.2, 0) is 4.79 Å². The molecule has 160 valence electrons. The average molecular weight is 412 g/mol. The molecule has 0 fully saturated rings. The molecule has 2 unspecified atom stereocenters.